The zero-order valence-corrected chi connectivity index (χ0v) is 34.4. The van der Waals surface area contributed by atoms with Crippen LogP contribution in [0.2, 0.25) is 0 Å². The number of nitrogens with zero attached hydrogens (tertiary/aromatic N) is 2. The van der Waals surface area contributed by atoms with Crippen molar-refractivity contribution < 1.29 is 8.81 Å². The minimum Gasteiger partial charge on any atom is -0.451 e. The van der Waals surface area contributed by atoms with E-state index in [9.17, 15) is 0 Å². The Hall–Kier alpha value is -7.95. The lowest BCUT2D eigenvalue weighted by Crippen LogP contribution is -2.33. The van der Waals surface area contributed by atoms with Gasteiger partial charge in [-0.05, 0) is 104 Å². The average Bonchev–Trinajstić information content (AvgIpc) is 4.00. The summed E-state index contributed by atoms with van der Waals surface area (Å²) in [5, 5.41) is 8.86. The van der Waals surface area contributed by atoms with Crippen molar-refractivity contribution in [2.24, 2.45) is 0 Å². The molecule has 1 spiro atoms. The number of rotatable bonds is 4. The van der Waals surface area contributed by atoms with Gasteiger partial charge in [0.05, 0.1) is 33.5 Å². The standard InChI is InChI=1S/C59H37FN2O/c1-2-35-28-31-37(32-29-35)61(52-27-13-21-44-43-20-12-24-49(60)57(43)63-58(44)52)53-34-48-55(41-18-6-5-16-39(41)53)54-38-15-4-3-14-36(38)30-33-46(54)59(48)45-22-8-10-26-51(45)62-50-25-9-7-17-40(50)42-19-11-23-47(59)56(42)62/h3-34H,2H2,1H3. The highest BCUT2D eigenvalue weighted by atomic mass is 19.1. The van der Waals surface area contributed by atoms with E-state index < -0.39 is 5.41 Å². The van der Waals surface area contributed by atoms with Crippen LogP contribution in [0, 0.1) is 5.82 Å². The van der Waals surface area contributed by atoms with Crippen LogP contribution in [0.5, 0.6) is 0 Å². The van der Waals surface area contributed by atoms with Crippen LogP contribution in [-0.2, 0) is 11.8 Å². The first kappa shape index (κ1) is 34.7. The first-order chi connectivity index (χ1) is 31.1. The monoisotopic (exact) mass is 808 g/mol. The summed E-state index contributed by atoms with van der Waals surface area (Å²) in [6.45, 7) is 2.19. The predicted molar refractivity (Wildman–Crippen MR) is 258 cm³/mol. The zero-order valence-electron chi connectivity index (χ0n) is 34.4. The Balaban J connectivity index is 1.19. The highest BCUT2D eigenvalue weighted by Gasteiger charge is 2.52. The highest BCUT2D eigenvalue weighted by Crippen LogP contribution is 2.64. The number of aryl methyl sites for hydroxylation is 1. The second kappa shape index (κ2) is 12.6. The van der Waals surface area contributed by atoms with Crippen molar-refractivity contribution in [2.75, 3.05) is 4.90 Å². The van der Waals surface area contributed by atoms with E-state index in [-0.39, 0.29) is 11.4 Å². The largest absolute Gasteiger partial charge is 0.451 e. The second-order valence-electron chi connectivity index (χ2n) is 17.1. The van der Waals surface area contributed by atoms with Crippen molar-refractivity contribution >= 4 is 82.4 Å². The summed E-state index contributed by atoms with van der Waals surface area (Å²) in [6, 6.07) is 70.1. The van der Waals surface area contributed by atoms with Gasteiger partial charge in [-0.3, -0.25) is 0 Å². The lowest BCUT2D eigenvalue weighted by molar-refractivity contribution is 0.584. The van der Waals surface area contributed by atoms with Crippen LogP contribution in [0.25, 0.3) is 82.1 Å². The van der Waals surface area contributed by atoms with Crippen LogP contribution in [-0.4, -0.2) is 4.57 Å². The fourth-order valence-electron chi connectivity index (χ4n) is 11.6. The summed E-state index contributed by atoms with van der Waals surface area (Å²) in [5.41, 5.74) is 15.5. The van der Waals surface area contributed by atoms with Crippen LogP contribution < -0.4 is 4.90 Å². The van der Waals surface area contributed by atoms with E-state index in [1.54, 1.807) is 6.07 Å². The Labute approximate surface area is 362 Å². The smallest absolute Gasteiger partial charge is 0.171 e. The maximum Gasteiger partial charge on any atom is 0.171 e. The number of furan rings is 1. The first-order valence-electron chi connectivity index (χ1n) is 21.9. The fraction of sp³-hybridized carbons (Fsp3) is 0.0508. The molecule has 0 amide bonds. The SMILES string of the molecule is CCc1ccc(N(c2cc3c(c4ccccc24)-c2c(ccc4ccccc24)C32c3ccccc3-n3c4ccccc4c4cccc2c43)c2cccc3c2oc2c(F)cccc23)cc1. The van der Waals surface area contributed by atoms with Gasteiger partial charge >= 0.3 is 0 Å². The maximum atomic E-state index is 15.6. The molecule has 12 aromatic rings. The van der Waals surface area contributed by atoms with E-state index in [4.69, 9.17) is 4.42 Å². The molecule has 1 aliphatic carbocycles. The molecule has 0 radical (unpaired) electrons. The highest BCUT2D eigenvalue weighted by molar-refractivity contribution is 6.19. The molecule has 4 heteroatoms. The van der Waals surface area contributed by atoms with Gasteiger partial charge < -0.3 is 13.9 Å². The topological polar surface area (TPSA) is 21.3 Å². The average molecular weight is 809 g/mol. The fourth-order valence-corrected chi connectivity index (χ4v) is 11.6. The normalized spacial score (nSPS) is 15.0. The number of aromatic nitrogens is 1. The molecule has 296 valence electrons. The summed E-state index contributed by atoms with van der Waals surface area (Å²) < 4.78 is 24.7. The van der Waals surface area contributed by atoms with Crippen molar-refractivity contribution in [3.05, 3.63) is 228 Å². The number of fused-ring (bicyclic) bond motifs is 19. The molecule has 0 saturated carbocycles. The molecule has 10 aromatic carbocycles. The van der Waals surface area contributed by atoms with Gasteiger partial charge in [-0.1, -0.05) is 159 Å². The number of halogens is 1. The zero-order chi connectivity index (χ0) is 41.6. The molecule has 0 N–H and O–H groups in total. The first-order valence-corrected chi connectivity index (χ1v) is 21.9. The third-order valence-corrected chi connectivity index (χ3v) is 14.2. The Bertz CT molecular complexity index is 3930. The molecule has 3 nitrogen and oxygen atoms in total. The second-order valence-corrected chi connectivity index (χ2v) is 17.1. The van der Waals surface area contributed by atoms with Crippen molar-refractivity contribution in [3.63, 3.8) is 0 Å². The van der Waals surface area contributed by atoms with Crippen molar-refractivity contribution in [3.8, 4) is 16.8 Å². The number of anilines is 3. The Morgan fingerprint density at radius 3 is 2.00 bits per heavy atom. The van der Waals surface area contributed by atoms with E-state index in [2.05, 4.69) is 186 Å². The van der Waals surface area contributed by atoms with E-state index >= 15 is 4.39 Å². The minimum absolute atomic E-state index is 0.267. The van der Waals surface area contributed by atoms with Gasteiger partial charge in [0, 0.05) is 32.6 Å². The van der Waals surface area contributed by atoms with Gasteiger partial charge in [0.2, 0.25) is 0 Å². The van der Waals surface area contributed by atoms with Crippen LogP contribution in [0.4, 0.5) is 21.5 Å². The Morgan fingerprint density at radius 1 is 0.492 bits per heavy atom. The summed E-state index contributed by atoms with van der Waals surface area (Å²) in [7, 11) is 0. The van der Waals surface area contributed by atoms with E-state index in [1.807, 2.05) is 12.1 Å². The molecule has 1 atom stereocenters. The van der Waals surface area contributed by atoms with Gasteiger partial charge in [0.15, 0.2) is 17.0 Å². The van der Waals surface area contributed by atoms with Gasteiger partial charge in [-0.15, -0.1) is 0 Å². The minimum atomic E-state index is -0.694. The predicted octanol–water partition coefficient (Wildman–Crippen LogP) is 15.8. The number of hydrogen-bond donors (Lipinski definition) is 0. The molecule has 0 saturated heterocycles. The maximum absolute atomic E-state index is 15.6. The molecule has 63 heavy (non-hydrogen) atoms. The van der Waals surface area contributed by atoms with Crippen molar-refractivity contribution in [1.29, 1.82) is 0 Å². The molecule has 3 heterocycles. The molecule has 2 aliphatic rings. The van der Waals surface area contributed by atoms with Crippen LogP contribution in [0.15, 0.2) is 199 Å². The number of benzene rings is 10. The van der Waals surface area contributed by atoms with E-state index in [0.717, 1.165) is 39.6 Å². The molecule has 0 bridgehead atoms. The Morgan fingerprint density at radius 2 is 1.14 bits per heavy atom. The van der Waals surface area contributed by atoms with Crippen LogP contribution in [0.3, 0.4) is 0 Å². The summed E-state index contributed by atoms with van der Waals surface area (Å²) in [6.07, 6.45) is 0.927. The lowest BCUT2D eigenvalue weighted by Gasteiger charge is -2.40. The van der Waals surface area contributed by atoms with Gasteiger partial charge in [0.1, 0.15) is 0 Å². The molecule has 1 unspecified atom stereocenters. The van der Waals surface area contributed by atoms with Crippen LogP contribution in [0.1, 0.15) is 34.7 Å². The van der Waals surface area contributed by atoms with Crippen molar-refractivity contribution in [2.45, 2.75) is 18.8 Å². The molecule has 0 fully saturated rings. The molecule has 2 aromatic heterocycles. The molecule has 1 aliphatic heterocycles. The third kappa shape index (κ3) is 4.37. The van der Waals surface area contributed by atoms with Gasteiger partial charge in [-0.2, -0.15) is 0 Å². The number of para-hydroxylation sites is 5. The molecular weight excluding hydrogens is 772 g/mol. The lowest BCUT2D eigenvalue weighted by atomic mass is 9.65. The van der Waals surface area contributed by atoms with E-state index in [1.165, 1.54) is 88.7 Å². The number of hydrogen-bond acceptors (Lipinski definition) is 2. The molecular formula is C59H37FN2O. The van der Waals surface area contributed by atoms with Gasteiger partial charge in [0.25, 0.3) is 0 Å². The summed E-state index contributed by atoms with van der Waals surface area (Å²) in [5.74, 6) is -0.369. The summed E-state index contributed by atoms with van der Waals surface area (Å²) in [4.78, 5) is 2.35. The Kier molecular flexibility index (Phi) is 6.92. The van der Waals surface area contributed by atoms with Crippen molar-refractivity contribution in [1.82, 2.24) is 4.57 Å². The third-order valence-electron chi connectivity index (χ3n) is 14.2. The summed E-state index contributed by atoms with van der Waals surface area (Å²) >= 11 is 0. The molecule has 14 rings (SSSR count). The van der Waals surface area contributed by atoms with Crippen LogP contribution >= 0.6 is 0 Å². The van der Waals surface area contributed by atoms with E-state index in [0.29, 0.717) is 5.58 Å². The quantitative estimate of drug-likeness (QED) is 0.177. The van der Waals surface area contributed by atoms with Gasteiger partial charge in [-0.25, -0.2) is 4.39 Å².